The quantitative estimate of drug-likeness (QED) is 0.363. The van der Waals surface area contributed by atoms with Crippen molar-refractivity contribution in [2.75, 3.05) is 27.2 Å². The van der Waals surface area contributed by atoms with E-state index in [0.717, 1.165) is 0 Å². The molecule has 102 valence electrons. The van der Waals surface area contributed by atoms with Crippen LogP contribution in [0.3, 0.4) is 0 Å². The summed E-state index contributed by atoms with van der Waals surface area (Å²) in [5, 5.41) is 10.9. The van der Waals surface area contributed by atoms with Crippen LogP contribution in [0.1, 0.15) is 13.8 Å². The Labute approximate surface area is 108 Å². The molecule has 0 aromatic carbocycles. The Balaban J connectivity index is 3.94. The van der Waals surface area contributed by atoms with Crippen molar-refractivity contribution >= 4 is 11.8 Å². The highest BCUT2D eigenvalue weighted by molar-refractivity contribution is 5.93. The predicted molar refractivity (Wildman–Crippen MR) is 71.7 cm³/mol. The summed E-state index contributed by atoms with van der Waals surface area (Å²) < 4.78 is 0. The minimum absolute atomic E-state index is 0.186. The van der Waals surface area contributed by atoms with Crippen molar-refractivity contribution in [3.05, 3.63) is 23.5 Å². The van der Waals surface area contributed by atoms with Gasteiger partial charge in [-0.1, -0.05) is 12.2 Å². The highest BCUT2D eigenvalue weighted by Crippen LogP contribution is 1.87. The van der Waals surface area contributed by atoms with E-state index in [2.05, 4.69) is 21.3 Å². The summed E-state index contributed by atoms with van der Waals surface area (Å²) in [6.45, 7) is 4.31. The van der Waals surface area contributed by atoms with E-state index >= 15 is 0 Å². The van der Waals surface area contributed by atoms with Crippen LogP contribution in [0.5, 0.6) is 0 Å². The molecule has 0 rings (SSSR count). The van der Waals surface area contributed by atoms with Gasteiger partial charge in [-0.25, -0.2) is 0 Å². The van der Waals surface area contributed by atoms with Crippen molar-refractivity contribution in [2.45, 2.75) is 13.8 Å². The van der Waals surface area contributed by atoms with Gasteiger partial charge in [0.2, 0.25) is 0 Å². The summed E-state index contributed by atoms with van der Waals surface area (Å²) >= 11 is 0. The van der Waals surface area contributed by atoms with Crippen molar-refractivity contribution < 1.29 is 9.59 Å². The van der Waals surface area contributed by atoms with Crippen molar-refractivity contribution in [3.8, 4) is 0 Å². The van der Waals surface area contributed by atoms with Gasteiger partial charge in [-0.15, -0.1) is 0 Å². The number of hydrogen-bond acceptors (Lipinski definition) is 4. The lowest BCUT2D eigenvalue weighted by Gasteiger charge is -2.10. The minimum Gasteiger partial charge on any atom is -0.384 e. The van der Waals surface area contributed by atoms with Gasteiger partial charge >= 0.3 is 0 Å². The van der Waals surface area contributed by atoms with Gasteiger partial charge in [0.1, 0.15) is 0 Å². The Morgan fingerprint density at radius 3 is 1.39 bits per heavy atom. The summed E-state index contributed by atoms with van der Waals surface area (Å²) in [7, 11) is 3.36. The van der Waals surface area contributed by atoms with E-state index in [4.69, 9.17) is 0 Å². The Hall–Kier alpha value is -1.98. The van der Waals surface area contributed by atoms with E-state index < -0.39 is 0 Å². The van der Waals surface area contributed by atoms with Crippen LogP contribution in [0.15, 0.2) is 23.5 Å². The maximum absolute atomic E-state index is 11.5. The first kappa shape index (κ1) is 16.0. The standard InChI is InChI=1S/C12H22N4O2/c1-5-9(13-3)11(17)15-7-8-16-12(18)10(6-2)14-4/h5-6,13-14H,7-8H2,1-4H3,(H,15,17)(H,16,18). The van der Waals surface area contributed by atoms with Gasteiger partial charge in [0.25, 0.3) is 11.8 Å². The third kappa shape index (κ3) is 5.38. The third-order valence-electron chi connectivity index (χ3n) is 2.30. The van der Waals surface area contributed by atoms with Gasteiger partial charge in [-0.05, 0) is 13.8 Å². The molecule has 4 N–H and O–H groups in total. The van der Waals surface area contributed by atoms with E-state index in [1.165, 1.54) is 0 Å². The largest absolute Gasteiger partial charge is 0.384 e. The molecular weight excluding hydrogens is 232 g/mol. The van der Waals surface area contributed by atoms with Gasteiger partial charge in [0, 0.05) is 27.2 Å². The van der Waals surface area contributed by atoms with Crippen LogP contribution in [-0.2, 0) is 9.59 Å². The van der Waals surface area contributed by atoms with Crippen molar-refractivity contribution in [1.82, 2.24) is 21.3 Å². The lowest BCUT2D eigenvalue weighted by molar-refractivity contribution is -0.119. The van der Waals surface area contributed by atoms with Crippen LogP contribution in [0.4, 0.5) is 0 Å². The second kappa shape index (κ2) is 9.09. The van der Waals surface area contributed by atoms with E-state index in [-0.39, 0.29) is 11.8 Å². The molecule has 18 heavy (non-hydrogen) atoms. The predicted octanol–water partition coefficient (Wildman–Crippen LogP) is -0.535. The molecule has 0 aromatic rings. The fourth-order valence-electron chi connectivity index (χ4n) is 1.32. The van der Waals surface area contributed by atoms with Crippen LogP contribution < -0.4 is 21.3 Å². The molecule has 0 fully saturated rings. The monoisotopic (exact) mass is 254 g/mol. The second-order valence-electron chi connectivity index (χ2n) is 3.42. The van der Waals surface area contributed by atoms with E-state index in [9.17, 15) is 9.59 Å². The van der Waals surface area contributed by atoms with Gasteiger partial charge in [-0.2, -0.15) is 0 Å². The van der Waals surface area contributed by atoms with E-state index in [1.54, 1.807) is 40.1 Å². The molecule has 0 atom stereocenters. The van der Waals surface area contributed by atoms with Gasteiger partial charge in [-0.3, -0.25) is 9.59 Å². The number of carbonyl (C=O) groups excluding carboxylic acids is 2. The molecule has 0 unspecified atom stereocenters. The first-order valence-electron chi connectivity index (χ1n) is 5.85. The first-order chi connectivity index (χ1) is 8.60. The molecule has 0 aliphatic carbocycles. The second-order valence-corrected chi connectivity index (χ2v) is 3.42. The van der Waals surface area contributed by atoms with Gasteiger partial charge < -0.3 is 21.3 Å². The molecule has 6 nitrogen and oxygen atoms in total. The normalized spacial score (nSPS) is 11.8. The zero-order chi connectivity index (χ0) is 14.0. The molecule has 0 saturated heterocycles. The van der Waals surface area contributed by atoms with Crippen LogP contribution in [-0.4, -0.2) is 39.0 Å². The molecular formula is C12H22N4O2. The third-order valence-corrected chi connectivity index (χ3v) is 2.30. The number of carbonyl (C=O) groups is 2. The summed E-state index contributed by atoms with van der Waals surface area (Å²) in [4.78, 5) is 23.0. The lowest BCUT2D eigenvalue weighted by atomic mass is 10.3. The number of allylic oxidation sites excluding steroid dienone is 2. The molecule has 0 aromatic heterocycles. The van der Waals surface area contributed by atoms with Crippen molar-refractivity contribution in [1.29, 1.82) is 0 Å². The van der Waals surface area contributed by atoms with Crippen LogP contribution >= 0.6 is 0 Å². The highest BCUT2D eigenvalue weighted by Gasteiger charge is 2.07. The fourth-order valence-corrected chi connectivity index (χ4v) is 1.32. The fraction of sp³-hybridized carbons (Fsp3) is 0.500. The first-order valence-corrected chi connectivity index (χ1v) is 5.85. The minimum atomic E-state index is -0.186. The number of amides is 2. The van der Waals surface area contributed by atoms with E-state index in [0.29, 0.717) is 24.5 Å². The smallest absolute Gasteiger partial charge is 0.267 e. The van der Waals surface area contributed by atoms with Gasteiger partial charge in [0.15, 0.2) is 0 Å². The van der Waals surface area contributed by atoms with Gasteiger partial charge in [0.05, 0.1) is 11.4 Å². The van der Waals surface area contributed by atoms with Crippen LogP contribution in [0.25, 0.3) is 0 Å². The molecule has 0 bridgehead atoms. The van der Waals surface area contributed by atoms with Crippen LogP contribution in [0.2, 0.25) is 0 Å². The number of nitrogens with one attached hydrogen (secondary N) is 4. The highest BCUT2D eigenvalue weighted by atomic mass is 16.2. The molecule has 0 radical (unpaired) electrons. The molecule has 0 saturated carbocycles. The Morgan fingerprint density at radius 1 is 0.833 bits per heavy atom. The molecule has 0 heterocycles. The van der Waals surface area contributed by atoms with Crippen molar-refractivity contribution in [2.24, 2.45) is 0 Å². The maximum Gasteiger partial charge on any atom is 0.267 e. The Kier molecular flexibility index (Phi) is 8.09. The van der Waals surface area contributed by atoms with Crippen LogP contribution in [0, 0.1) is 0 Å². The molecule has 0 aliphatic heterocycles. The lowest BCUT2D eigenvalue weighted by Crippen LogP contribution is -2.38. The molecule has 0 spiro atoms. The Morgan fingerprint density at radius 2 is 1.17 bits per heavy atom. The summed E-state index contributed by atoms with van der Waals surface area (Å²) in [6, 6.07) is 0. The number of hydrogen-bond donors (Lipinski definition) is 4. The maximum atomic E-state index is 11.5. The number of rotatable bonds is 7. The Bertz CT molecular complexity index is 314. The van der Waals surface area contributed by atoms with Crippen molar-refractivity contribution in [3.63, 3.8) is 0 Å². The molecule has 6 heteroatoms. The zero-order valence-corrected chi connectivity index (χ0v) is 11.4. The average molecular weight is 254 g/mol. The topological polar surface area (TPSA) is 82.3 Å². The SMILES string of the molecule is CC=C(NC)C(=O)NCCNC(=O)C(=CC)NC. The molecule has 0 aliphatic rings. The molecule has 2 amide bonds. The summed E-state index contributed by atoms with van der Waals surface area (Å²) in [5.74, 6) is -0.372. The average Bonchev–Trinajstić information content (AvgIpc) is 2.37. The van der Waals surface area contributed by atoms with E-state index in [1.807, 2.05) is 0 Å². The summed E-state index contributed by atoms with van der Waals surface area (Å²) in [5.41, 5.74) is 1.01. The number of likely N-dealkylation sites (N-methyl/N-ethyl adjacent to an activating group) is 2. The summed E-state index contributed by atoms with van der Waals surface area (Å²) in [6.07, 6.45) is 3.37. The zero-order valence-electron chi connectivity index (χ0n) is 11.4.